The van der Waals surface area contributed by atoms with Crippen molar-refractivity contribution in [2.75, 3.05) is 6.54 Å². The Morgan fingerprint density at radius 3 is 1.95 bits per heavy atom. The van der Waals surface area contributed by atoms with Crippen molar-refractivity contribution in [1.29, 1.82) is 0 Å². The molecule has 0 aliphatic rings. The summed E-state index contributed by atoms with van der Waals surface area (Å²) < 4.78 is 10.4. The second-order valence-corrected chi connectivity index (χ2v) is 6.90. The van der Waals surface area contributed by atoms with Crippen molar-refractivity contribution in [2.24, 2.45) is 0 Å². The molecular weight excluding hydrogens is 272 g/mol. The van der Waals surface area contributed by atoms with Gasteiger partial charge < -0.3 is 14.8 Å². The van der Waals surface area contributed by atoms with Crippen LogP contribution < -0.4 is 10.6 Å². The summed E-state index contributed by atoms with van der Waals surface area (Å²) in [6.07, 6.45) is 0.235. The zero-order chi connectivity index (χ0) is 16.7. The van der Waals surface area contributed by atoms with E-state index in [1.165, 1.54) is 0 Å². The predicted octanol–water partition coefficient (Wildman–Crippen LogP) is 2.57. The standard InChI is InChI=1S/C15H30N2O4/c1-8-11(17-13(19)21-15(5,6)7)16-10-9-12(18)20-14(2,3)4/h11,16H,8-10H2,1-7H3,(H,17,19). The number of alkyl carbamates (subject to hydrolysis) is 1. The first kappa shape index (κ1) is 19.7. The molecule has 0 aromatic rings. The molecular formula is C15H30N2O4. The van der Waals surface area contributed by atoms with Gasteiger partial charge in [-0.05, 0) is 48.0 Å². The van der Waals surface area contributed by atoms with Crippen molar-refractivity contribution in [3.05, 3.63) is 0 Å². The molecule has 0 saturated heterocycles. The first-order valence-corrected chi connectivity index (χ1v) is 7.37. The number of esters is 1. The van der Waals surface area contributed by atoms with Crippen molar-refractivity contribution < 1.29 is 19.1 Å². The molecule has 0 saturated carbocycles. The Morgan fingerprint density at radius 2 is 1.52 bits per heavy atom. The zero-order valence-electron chi connectivity index (χ0n) is 14.3. The first-order chi connectivity index (χ1) is 9.43. The molecule has 0 spiro atoms. The number of hydrogen-bond acceptors (Lipinski definition) is 5. The highest BCUT2D eigenvalue weighted by Crippen LogP contribution is 2.08. The molecule has 0 heterocycles. The minimum atomic E-state index is -0.529. The predicted molar refractivity (Wildman–Crippen MR) is 81.9 cm³/mol. The average Bonchev–Trinajstić information content (AvgIpc) is 2.22. The quantitative estimate of drug-likeness (QED) is 0.582. The molecule has 0 aromatic heterocycles. The van der Waals surface area contributed by atoms with Crippen molar-refractivity contribution in [2.45, 2.75) is 78.7 Å². The maximum atomic E-state index is 11.6. The highest BCUT2D eigenvalue weighted by atomic mass is 16.6. The number of amides is 1. The highest BCUT2D eigenvalue weighted by molar-refractivity contribution is 5.70. The lowest BCUT2D eigenvalue weighted by Crippen LogP contribution is -2.47. The van der Waals surface area contributed by atoms with E-state index in [4.69, 9.17) is 9.47 Å². The fourth-order valence-electron chi connectivity index (χ4n) is 1.49. The van der Waals surface area contributed by atoms with Crippen LogP contribution in [0.4, 0.5) is 4.79 Å². The molecule has 2 N–H and O–H groups in total. The highest BCUT2D eigenvalue weighted by Gasteiger charge is 2.19. The van der Waals surface area contributed by atoms with Crippen LogP contribution in [0.15, 0.2) is 0 Å². The smallest absolute Gasteiger partial charge is 0.408 e. The Balaban J connectivity index is 4.06. The van der Waals surface area contributed by atoms with Crippen LogP contribution in [0.3, 0.4) is 0 Å². The van der Waals surface area contributed by atoms with Gasteiger partial charge in [-0.2, -0.15) is 0 Å². The van der Waals surface area contributed by atoms with Crippen molar-refractivity contribution in [1.82, 2.24) is 10.6 Å². The third-order valence-corrected chi connectivity index (χ3v) is 2.24. The minimum Gasteiger partial charge on any atom is -0.460 e. The lowest BCUT2D eigenvalue weighted by molar-refractivity contribution is -0.154. The number of nitrogens with one attached hydrogen (secondary N) is 2. The van der Waals surface area contributed by atoms with E-state index >= 15 is 0 Å². The topological polar surface area (TPSA) is 76.7 Å². The van der Waals surface area contributed by atoms with Crippen LogP contribution >= 0.6 is 0 Å². The van der Waals surface area contributed by atoms with Crippen molar-refractivity contribution in [3.63, 3.8) is 0 Å². The monoisotopic (exact) mass is 302 g/mol. The van der Waals surface area contributed by atoms with Gasteiger partial charge >= 0.3 is 12.1 Å². The van der Waals surface area contributed by atoms with Gasteiger partial charge in [0.1, 0.15) is 11.2 Å². The second-order valence-electron chi connectivity index (χ2n) is 6.90. The maximum Gasteiger partial charge on any atom is 0.408 e. The maximum absolute atomic E-state index is 11.6. The van der Waals surface area contributed by atoms with E-state index in [0.29, 0.717) is 13.0 Å². The molecule has 1 amide bonds. The number of ether oxygens (including phenoxy) is 2. The molecule has 0 rings (SSSR count). The summed E-state index contributed by atoms with van der Waals surface area (Å²) in [7, 11) is 0. The van der Waals surface area contributed by atoms with E-state index in [2.05, 4.69) is 10.6 Å². The van der Waals surface area contributed by atoms with Crippen LogP contribution in [0, 0.1) is 0 Å². The van der Waals surface area contributed by atoms with Gasteiger partial charge in [0.15, 0.2) is 0 Å². The molecule has 6 nitrogen and oxygen atoms in total. The van der Waals surface area contributed by atoms with Gasteiger partial charge in [0, 0.05) is 6.54 Å². The fourth-order valence-corrected chi connectivity index (χ4v) is 1.49. The average molecular weight is 302 g/mol. The van der Waals surface area contributed by atoms with Crippen LogP contribution in [0.2, 0.25) is 0 Å². The number of carbonyl (C=O) groups excluding carboxylic acids is 2. The molecule has 0 fully saturated rings. The van der Waals surface area contributed by atoms with Crippen LogP contribution in [0.25, 0.3) is 0 Å². The molecule has 0 bridgehead atoms. The number of rotatable bonds is 6. The second kappa shape index (κ2) is 8.22. The van der Waals surface area contributed by atoms with E-state index in [-0.39, 0.29) is 18.6 Å². The van der Waals surface area contributed by atoms with E-state index in [0.717, 1.165) is 0 Å². The van der Waals surface area contributed by atoms with Gasteiger partial charge in [0.25, 0.3) is 0 Å². The lowest BCUT2D eigenvalue weighted by Gasteiger charge is -2.24. The van der Waals surface area contributed by atoms with Crippen LogP contribution in [-0.4, -0.2) is 36.0 Å². The lowest BCUT2D eigenvalue weighted by atomic mass is 10.2. The molecule has 0 radical (unpaired) electrons. The summed E-state index contributed by atoms with van der Waals surface area (Å²) in [5, 5.41) is 5.81. The van der Waals surface area contributed by atoms with Gasteiger partial charge in [0.05, 0.1) is 12.6 Å². The Morgan fingerprint density at radius 1 is 1.00 bits per heavy atom. The summed E-state index contributed by atoms with van der Waals surface area (Å²) >= 11 is 0. The number of carbonyl (C=O) groups is 2. The Hall–Kier alpha value is -1.30. The largest absolute Gasteiger partial charge is 0.460 e. The summed E-state index contributed by atoms with van der Waals surface area (Å²) in [5.74, 6) is -0.262. The zero-order valence-corrected chi connectivity index (χ0v) is 14.3. The van der Waals surface area contributed by atoms with Crippen LogP contribution in [0.1, 0.15) is 61.3 Å². The fraction of sp³-hybridized carbons (Fsp3) is 0.867. The third kappa shape index (κ3) is 12.2. The molecule has 1 atom stereocenters. The van der Waals surface area contributed by atoms with Crippen LogP contribution in [-0.2, 0) is 14.3 Å². The Bertz CT molecular complexity index is 343. The Kier molecular flexibility index (Phi) is 7.71. The molecule has 21 heavy (non-hydrogen) atoms. The SMILES string of the molecule is CCC(NCCC(=O)OC(C)(C)C)NC(=O)OC(C)(C)C. The molecule has 124 valence electrons. The van der Waals surface area contributed by atoms with E-state index in [1.54, 1.807) is 0 Å². The molecule has 0 aliphatic heterocycles. The van der Waals surface area contributed by atoms with Gasteiger partial charge in [-0.25, -0.2) is 4.79 Å². The van der Waals surface area contributed by atoms with E-state index < -0.39 is 17.3 Å². The summed E-state index contributed by atoms with van der Waals surface area (Å²) in [6.45, 7) is 13.3. The van der Waals surface area contributed by atoms with Gasteiger partial charge in [0.2, 0.25) is 0 Å². The van der Waals surface area contributed by atoms with E-state index in [1.807, 2.05) is 48.5 Å². The summed E-state index contributed by atoms with van der Waals surface area (Å²) in [4.78, 5) is 23.2. The summed E-state index contributed by atoms with van der Waals surface area (Å²) in [6, 6.07) is 0. The van der Waals surface area contributed by atoms with Crippen LogP contribution in [0.5, 0.6) is 0 Å². The molecule has 0 aromatic carbocycles. The normalized spacial score (nSPS) is 13.5. The molecule has 0 aliphatic carbocycles. The molecule has 1 unspecified atom stereocenters. The van der Waals surface area contributed by atoms with Crippen molar-refractivity contribution >= 4 is 12.1 Å². The van der Waals surface area contributed by atoms with Gasteiger partial charge in [-0.15, -0.1) is 0 Å². The molecule has 6 heteroatoms. The Labute approximate surface area is 127 Å². The van der Waals surface area contributed by atoms with Crippen molar-refractivity contribution in [3.8, 4) is 0 Å². The van der Waals surface area contributed by atoms with Gasteiger partial charge in [-0.1, -0.05) is 6.92 Å². The third-order valence-electron chi connectivity index (χ3n) is 2.24. The van der Waals surface area contributed by atoms with Gasteiger partial charge in [-0.3, -0.25) is 10.1 Å². The minimum absolute atomic E-state index is 0.234. The number of hydrogen-bond donors (Lipinski definition) is 2. The van der Waals surface area contributed by atoms with E-state index in [9.17, 15) is 9.59 Å². The first-order valence-electron chi connectivity index (χ1n) is 7.37. The summed E-state index contributed by atoms with van der Waals surface area (Å²) in [5.41, 5.74) is -1.01.